The van der Waals surface area contributed by atoms with E-state index in [1.54, 1.807) is 13.0 Å². The van der Waals surface area contributed by atoms with Crippen LogP contribution in [0.5, 0.6) is 5.75 Å². The number of carbonyl (C=O) groups excluding carboxylic acids is 1. The first-order chi connectivity index (χ1) is 13.1. The number of nitrogens with zero attached hydrogens (tertiary/aromatic N) is 2. The number of nitrogen functional groups attached to an aromatic ring is 1. The molecule has 1 saturated carbocycles. The van der Waals surface area contributed by atoms with Crippen molar-refractivity contribution in [2.24, 2.45) is 0 Å². The van der Waals surface area contributed by atoms with Crippen LogP contribution in [0.3, 0.4) is 0 Å². The van der Waals surface area contributed by atoms with Crippen molar-refractivity contribution in [2.75, 3.05) is 5.73 Å². The molecule has 1 aliphatic carbocycles. The first kappa shape index (κ1) is 19.9. The second-order valence-electron chi connectivity index (χ2n) is 8.00. The van der Waals surface area contributed by atoms with Crippen LogP contribution in [-0.4, -0.2) is 39.0 Å². The summed E-state index contributed by atoms with van der Waals surface area (Å²) in [5.74, 6) is 0.0922. The van der Waals surface area contributed by atoms with Crippen LogP contribution in [0.2, 0.25) is 0 Å². The van der Waals surface area contributed by atoms with Gasteiger partial charge in [0.2, 0.25) is 0 Å². The summed E-state index contributed by atoms with van der Waals surface area (Å²) >= 11 is 0. The number of amides is 1. The van der Waals surface area contributed by atoms with Crippen LogP contribution >= 0.6 is 0 Å². The molecule has 0 radical (unpaired) electrons. The Kier molecular flexibility index (Phi) is 5.44. The van der Waals surface area contributed by atoms with Crippen LogP contribution in [0, 0.1) is 12.7 Å². The third-order valence-corrected chi connectivity index (χ3v) is 4.43. The van der Waals surface area contributed by atoms with Crippen molar-refractivity contribution >= 4 is 11.9 Å². The Labute approximate surface area is 163 Å². The van der Waals surface area contributed by atoms with Gasteiger partial charge < -0.3 is 20.5 Å². The fraction of sp³-hybridized carbons (Fsp3) is 0.526. The number of nitrogens with one attached hydrogen (secondary N) is 2. The van der Waals surface area contributed by atoms with Gasteiger partial charge in [-0.05, 0) is 40.5 Å². The lowest BCUT2D eigenvalue weighted by atomic mass is 10.1. The Morgan fingerprint density at radius 1 is 1.39 bits per heavy atom. The minimum Gasteiger partial charge on any atom is -0.488 e. The molecule has 1 fully saturated rings. The van der Waals surface area contributed by atoms with Crippen LogP contribution < -0.4 is 15.8 Å². The van der Waals surface area contributed by atoms with Crippen LogP contribution in [0.4, 0.5) is 15.0 Å². The molecule has 0 unspecified atom stereocenters. The van der Waals surface area contributed by atoms with Gasteiger partial charge in [-0.3, -0.25) is 10.1 Å². The quantitative estimate of drug-likeness (QED) is 0.736. The highest BCUT2D eigenvalue weighted by atomic mass is 19.1. The summed E-state index contributed by atoms with van der Waals surface area (Å²) < 4.78 is 26.1. The standard InChI is InChI=1S/C19H26FN5O3/c1-10-17(20)16(13-8-15(21)25-24-13)14(9-22-10)27-12-6-5-11(7-12)23-18(26)28-19(2,3)4/h8-9,11-12H,5-7H2,1-4H3,(H,23,26)(H3,21,24,25)/t11-,12+/m0/s1. The van der Waals surface area contributed by atoms with Gasteiger partial charge in [-0.1, -0.05) is 0 Å². The van der Waals surface area contributed by atoms with E-state index in [0.29, 0.717) is 17.9 Å². The average molecular weight is 391 g/mol. The minimum atomic E-state index is -0.551. The van der Waals surface area contributed by atoms with Gasteiger partial charge in [0.15, 0.2) is 5.82 Å². The number of hydrogen-bond acceptors (Lipinski definition) is 6. The van der Waals surface area contributed by atoms with E-state index < -0.39 is 17.5 Å². The summed E-state index contributed by atoms with van der Waals surface area (Å²) in [6.45, 7) is 7.03. The van der Waals surface area contributed by atoms with E-state index in [4.69, 9.17) is 15.2 Å². The number of H-pyrrole nitrogens is 1. The molecule has 0 aromatic carbocycles. The van der Waals surface area contributed by atoms with Crippen molar-refractivity contribution in [1.29, 1.82) is 0 Å². The maximum atomic E-state index is 14.7. The molecule has 28 heavy (non-hydrogen) atoms. The number of aryl methyl sites for hydroxylation is 1. The number of ether oxygens (including phenoxy) is 2. The molecular formula is C19H26FN5O3. The van der Waals surface area contributed by atoms with Gasteiger partial charge in [0.1, 0.15) is 23.3 Å². The van der Waals surface area contributed by atoms with E-state index in [1.807, 2.05) is 20.8 Å². The van der Waals surface area contributed by atoms with Gasteiger partial charge >= 0.3 is 6.09 Å². The normalized spacial score (nSPS) is 19.5. The van der Waals surface area contributed by atoms with Gasteiger partial charge in [0, 0.05) is 18.5 Å². The second-order valence-corrected chi connectivity index (χ2v) is 8.00. The maximum Gasteiger partial charge on any atom is 0.407 e. The van der Waals surface area contributed by atoms with Crippen molar-refractivity contribution < 1.29 is 18.7 Å². The lowest BCUT2D eigenvalue weighted by Gasteiger charge is -2.22. The molecule has 2 heterocycles. The number of aromatic nitrogens is 3. The monoisotopic (exact) mass is 391 g/mol. The molecular weight excluding hydrogens is 365 g/mol. The Morgan fingerprint density at radius 3 is 2.79 bits per heavy atom. The third-order valence-electron chi connectivity index (χ3n) is 4.43. The summed E-state index contributed by atoms with van der Waals surface area (Å²) in [6.07, 6.45) is 2.94. The lowest BCUT2D eigenvalue weighted by molar-refractivity contribution is 0.0503. The van der Waals surface area contributed by atoms with Gasteiger partial charge in [-0.25, -0.2) is 9.18 Å². The summed E-state index contributed by atoms with van der Waals surface area (Å²) in [5, 5.41) is 9.43. The predicted octanol–water partition coefficient (Wildman–Crippen LogP) is 3.33. The highest BCUT2D eigenvalue weighted by Crippen LogP contribution is 2.35. The third kappa shape index (κ3) is 4.71. The molecule has 2 atom stereocenters. The number of aromatic amines is 1. The minimum absolute atomic E-state index is 0.0608. The molecule has 2 aromatic heterocycles. The molecule has 1 amide bonds. The van der Waals surface area contributed by atoms with E-state index in [1.165, 1.54) is 6.20 Å². The van der Waals surface area contributed by atoms with E-state index in [-0.39, 0.29) is 29.2 Å². The highest BCUT2D eigenvalue weighted by Gasteiger charge is 2.30. The summed E-state index contributed by atoms with van der Waals surface area (Å²) in [6, 6.07) is 1.49. The van der Waals surface area contributed by atoms with Gasteiger partial charge in [-0.2, -0.15) is 5.10 Å². The van der Waals surface area contributed by atoms with Crippen LogP contribution in [0.25, 0.3) is 11.3 Å². The molecule has 9 heteroatoms. The number of alkyl carbamates (subject to hydrolysis) is 1. The van der Waals surface area contributed by atoms with E-state index in [2.05, 4.69) is 20.5 Å². The van der Waals surface area contributed by atoms with Crippen molar-refractivity contribution in [3.05, 3.63) is 23.8 Å². The van der Waals surface area contributed by atoms with Crippen molar-refractivity contribution in [3.8, 4) is 17.0 Å². The Balaban J connectivity index is 1.70. The number of anilines is 1. The second kappa shape index (κ2) is 7.65. The van der Waals surface area contributed by atoms with Gasteiger partial charge in [0.25, 0.3) is 0 Å². The lowest BCUT2D eigenvalue weighted by Crippen LogP contribution is -2.38. The Morgan fingerprint density at radius 2 is 2.14 bits per heavy atom. The summed E-state index contributed by atoms with van der Waals surface area (Å²) in [5.41, 5.74) is 6.04. The highest BCUT2D eigenvalue weighted by molar-refractivity contribution is 5.70. The zero-order valence-electron chi connectivity index (χ0n) is 16.5. The summed E-state index contributed by atoms with van der Waals surface area (Å²) in [7, 11) is 0. The first-order valence-electron chi connectivity index (χ1n) is 9.25. The van der Waals surface area contributed by atoms with E-state index in [0.717, 1.165) is 12.8 Å². The maximum absolute atomic E-state index is 14.7. The number of nitrogens with two attached hydrogens (primary N) is 1. The number of hydrogen-bond donors (Lipinski definition) is 3. The number of carbonyl (C=O) groups is 1. The van der Waals surface area contributed by atoms with E-state index >= 15 is 0 Å². The van der Waals surface area contributed by atoms with Crippen molar-refractivity contribution in [2.45, 2.75) is 64.7 Å². The Bertz CT molecular complexity index is 862. The van der Waals surface area contributed by atoms with E-state index in [9.17, 15) is 9.18 Å². The molecule has 0 saturated heterocycles. The molecule has 0 spiro atoms. The van der Waals surface area contributed by atoms with Crippen LogP contribution in [0.1, 0.15) is 45.7 Å². The smallest absolute Gasteiger partial charge is 0.407 e. The largest absolute Gasteiger partial charge is 0.488 e. The molecule has 0 bridgehead atoms. The average Bonchev–Trinajstić information content (AvgIpc) is 3.18. The fourth-order valence-corrected chi connectivity index (χ4v) is 3.20. The zero-order valence-corrected chi connectivity index (χ0v) is 16.5. The first-order valence-corrected chi connectivity index (χ1v) is 9.25. The zero-order chi connectivity index (χ0) is 20.5. The predicted molar refractivity (Wildman–Crippen MR) is 102 cm³/mol. The summed E-state index contributed by atoms with van der Waals surface area (Å²) in [4.78, 5) is 16.0. The Hall–Kier alpha value is -2.84. The van der Waals surface area contributed by atoms with Gasteiger partial charge in [0.05, 0.1) is 23.1 Å². The fourth-order valence-electron chi connectivity index (χ4n) is 3.20. The SMILES string of the molecule is Cc1ncc(O[C@@H]2CC[C@H](NC(=O)OC(C)(C)C)C2)c(-c2cc(N)n[nH]2)c1F. The number of pyridine rings is 1. The topological polar surface area (TPSA) is 115 Å². The molecule has 4 N–H and O–H groups in total. The molecule has 3 rings (SSSR count). The van der Waals surface area contributed by atoms with Crippen LogP contribution in [-0.2, 0) is 4.74 Å². The van der Waals surface area contributed by atoms with Crippen molar-refractivity contribution in [1.82, 2.24) is 20.5 Å². The molecule has 152 valence electrons. The number of halogens is 1. The molecule has 1 aliphatic rings. The van der Waals surface area contributed by atoms with Crippen molar-refractivity contribution in [3.63, 3.8) is 0 Å². The number of rotatable bonds is 4. The van der Waals surface area contributed by atoms with Crippen LogP contribution in [0.15, 0.2) is 12.3 Å². The molecule has 2 aromatic rings. The van der Waals surface area contributed by atoms with Gasteiger partial charge in [-0.15, -0.1) is 0 Å². The molecule has 0 aliphatic heterocycles. The molecule has 8 nitrogen and oxygen atoms in total.